The average Bonchev–Trinajstić information content (AvgIpc) is 3.10. The zero-order valence-corrected chi connectivity index (χ0v) is 20.2. The Morgan fingerprint density at radius 1 is 1.09 bits per heavy atom. The van der Waals surface area contributed by atoms with Crippen LogP contribution in [0.2, 0.25) is 5.02 Å². The lowest BCUT2D eigenvalue weighted by molar-refractivity contribution is -0.133. The average molecular weight is 499 g/mol. The highest BCUT2D eigenvalue weighted by Gasteiger charge is 2.21. The number of rotatable bonds is 5. The third kappa shape index (κ3) is 5.72. The molecule has 1 saturated heterocycles. The van der Waals surface area contributed by atoms with Gasteiger partial charge in [0, 0.05) is 29.8 Å². The molecule has 4 rings (SSSR count). The van der Waals surface area contributed by atoms with Crippen molar-refractivity contribution >= 4 is 46.8 Å². The van der Waals surface area contributed by atoms with Crippen LogP contribution in [0.4, 0.5) is 4.39 Å². The third-order valence-electron chi connectivity index (χ3n) is 5.92. The van der Waals surface area contributed by atoms with Crippen LogP contribution in [0, 0.1) is 11.7 Å². The summed E-state index contributed by atoms with van der Waals surface area (Å²) in [5.74, 6) is -0.233. The maximum Gasteiger partial charge on any atom is 0.269 e. The van der Waals surface area contributed by atoms with Crippen molar-refractivity contribution in [3.8, 4) is 0 Å². The number of hydrogen-bond donors (Lipinski definition) is 0. The summed E-state index contributed by atoms with van der Waals surface area (Å²) in [6.07, 6.45) is 4.88. The van der Waals surface area contributed by atoms with Crippen LogP contribution >= 0.6 is 22.9 Å². The van der Waals surface area contributed by atoms with E-state index in [2.05, 4.69) is 6.92 Å². The van der Waals surface area contributed by atoms with E-state index in [0.717, 1.165) is 24.2 Å². The van der Waals surface area contributed by atoms with Crippen molar-refractivity contribution in [2.45, 2.75) is 26.3 Å². The van der Waals surface area contributed by atoms with Crippen LogP contribution in [0.25, 0.3) is 12.2 Å². The molecule has 0 aliphatic carbocycles. The minimum atomic E-state index is -0.371. The summed E-state index contributed by atoms with van der Waals surface area (Å²) in [5, 5.41) is 0.516. The molecule has 3 aromatic rings. The van der Waals surface area contributed by atoms with Gasteiger partial charge < -0.3 is 4.90 Å². The van der Waals surface area contributed by atoms with Crippen LogP contribution in [-0.2, 0) is 11.3 Å². The molecule has 2 aromatic carbocycles. The Morgan fingerprint density at radius 3 is 2.38 bits per heavy atom. The van der Waals surface area contributed by atoms with Gasteiger partial charge in [0.25, 0.3) is 5.56 Å². The fourth-order valence-corrected chi connectivity index (χ4v) is 4.97. The molecule has 1 aliphatic rings. The van der Waals surface area contributed by atoms with E-state index in [1.807, 2.05) is 0 Å². The summed E-state index contributed by atoms with van der Waals surface area (Å²) >= 11 is 7.05. The van der Waals surface area contributed by atoms with Crippen molar-refractivity contribution in [1.29, 1.82) is 0 Å². The molecular formula is C26H24ClFN2O3S. The first-order chi connectivity index (χ1) is 16.3. The molecule has 0 bridgehead atoms. The Kier molecular flexibility index (Phi) is 7.44. The van der Waals surface area contributed by atoms with Gasteiger partial charge in [-0.2, -0.15) is 0 Å². The van der Waals surface area contributed by atoms with E-state index < -0.39 is 0 Å². The van der Waals surface area contributed by atoms with Crippen LogP contribution in [0.3, 0.4) is 0 Å². The lowest BCUT2D eigenvalue weighted by atomic mass is 9.99. The molecule has 1 fully saturated rings. The summed E-state index contributed by atoms with van der Waals surface area (Å²) in [7, 11) is 0. The highest BCUT2D eigenvalue weighted by atomic mass is 35.5. The second-order valence-corrected chi connectivity index (χ2v) is 9.97. The Bertz CT molecular complexity index is 1370. The van der Waals surface area contributed by atoms with E-state index in [-0.39, 0.29) is 29.6 Å². The van der Waals surface area contributed by atoms with Gasteiger partial charge in [0.05, 0.1) is 4.53 Å². The van der Waals surface area contributed by atoms with E-state index >= 15 is 0 Å². The number of thiazole rings is 1. The van der Waals surface area contributed by atoms with Gasteiger partial charge in [-0.3, -0.25) is 19.0 Å². The Labute approximate surface area is 205 Å². The number of ketones is 1. The molecule has 8 heteroatoms. The fraction of sp³-hybridized carbons (Fsp3) is 0.269. The van der Waals surface area contributed by atoms with E-state index in [1.165, 1.54) is 22.8 Å². The number of benzene rings is 2. The zero-order valence-electron chi connectivity index (χ0n) is 18.7. The first-order valence-electron chi connectivity index (χ1n) is 11.1. The SMILES string of the molecule is CC1CCN(C(=O)Cn2c(=O)/c(=C\c3ccc(F)cc3)s/c2=C\C(=O)c2ccc(Cl)cc2)CC1. The van der Waals surface area contributed by atoms with Crippen LogP contribution in [0.1, 0.15) is 35.7 Å². The molecular weight excluding hydrogens is 475 g/mol. The van der Waals surface area contributed by atoms with Gasteiger partial charge in [0.2, 0.25) is 5.91 Å². The molecule has 0 unspecified atom stereocenters. The number of hydrogen-bond acceptors (Lipinski definition) is 4. The number of amides is 1. The second kappa shape index (κ2) is 10.5. The molecule has 0 spiro atoms. The largest absolute Gasteiger partial charge is 0.341 e. The first-order valence-corrected chi connectivity index (χ1v) is 12.3. The number of carbonyl (C=O) groups excluding carboxylic acids is 2. The summed E-state index contributed by atoms with van der Waals surface area (Å²) in [5.41, 5.74) is 0.722. The van der Waals surface area contributed by atoms with Crippen molar-refractivity contribution in [3.05, 3.63) is 90.0 Å². The normalized spacial score (nSPS) is 15.7. The molecule has 0 N–H and O–H groups in total. The van der Waals surface area contributed by atoms with E-state index in [9.17, 15) is 18.8 Å². The standard InChI is InChI=1S/C26H24ClFN2O3S/c1-17-10-12-29(13-11-17)24(32)16-30-25(15-22(31)19-4-6-20(27)7-5-19)34-23(26(30)33)14-18-2-8-21(28)9-3-18/h2-9,14-15,17H,10-13,16H2,1H3/b23-14+,25-15-. The molecule has 1 aliphatic heterocycles. The fourth-order valence-electron chi connectivity index (χ4n) is 3.81. The summed E-state index contributed by atoms with van der Waals surface area (Å²) in [6, 6.07) is 12.2. The molecule has 34 heavy (non-hydrogen) atoms. The first kappa shape index (κ1) is 24.1. The van der Waals surface area contributed by atoms with Crippen LogP contribution in [0.5, 0.6) is 0 Å². The van der Waals surface area contributed by atoms with E-state index in [4.69, 9.17) is 11.6 Å². The minimum Gasteiger partial charge on any atom is -0.341 e. The Morgan fingerprint density at radius 2 is 1.74 bits per heavy atom. The molecule has 1 amide bonds. The lowest BCUT2D eigenvalue weighted by Gasteiger charge is -2.30. The van der Waals surface area contributed by atoms with E-state index in [1.54, 1.807) is 47.4 Å². The highest BCUT2D eigenvalue weighted by molar-refractivity contribution is 7.07. The Balaban J connectivity index is 1.74. The molecule has 0 saturated carbocycles. The second-order valence-electron chi connectivity index (χ2n) is 8.47. The number of Topliss-reactive ketones (excluding diaryl/α,β-unsaturated/α-hetero) is 1. The van der Waals surface area contributed by atoms with Gasteiger partial charge in [-0.15, -0.1) is 11.3 Å². The summed E-state index contributed by atoms with van der Waals surface area (Å²) in [6.45, 7) is 3.35. The molecule has 176 valence electrons. The van der Waals surface area contributed by atoms with Crippen molar-refractivity contribution in [2.24, 2.45) is 5.92 Å². The van der Waals surface area contributed by atoms with Crippen molar-refractivity contribution in [1.82, 2.24) is 9.47 Å². The van der Waals surface area contributed by atoms with Crippen molar-refractivity contribution in [3.63, 3.8) is 0 Å². The van der Waals surface area contributed by atoms with Gasteiger partial charge in [-0.1, -0.05) is 30.7 Å². The maximum absolute atomic E-state index is 13.3. The zero-order chi connectivity index (χ0) is 24.2. The van der Waals surface area contributed by atoms with E-state index in [0.29, 0.717) is 44.4 Å². The lowest BCUT2D eigenvalue weighted by Crippen LogP contribution is -2.43. The van der Waals surface area contributed by atoms with Crippen LogP contribution < -0.4 is 14.8 Å². The third-order valence-corrected chi connectivity index (χ3v) is 7.23. The summed E-state index contributed by atoms with van der Waals surface area (Å²) < 4.78 is 15.4. The topological polar surface area (TPSA) is 59.4 Å². The van der Waals surface area contributed by atoms with Crippen LogP contribution in [-0.4, -0.2) is 34.2 Å². The smallest absolute Gasteiger partial charge is 0.269 e. The molecule has 5 nitrogen and oxygen atoms in total. The number of nitrogens with zero attached hydrogens (tertiary/aromatic N) is 2. The number of halogens is 2. The molecule has 1 aromatic heterocycles. The highest BCUT2D eigenvalue weighted by Crippen LogP contribution is 2.16. The Hall–Kier alpha value is -3.03. The number of likely N-dealkylation sites (tertiary alicyclic amines) is 1. The summed E-state index contributed by atoms with van der Waals surface area (Å²) in [4.78, 5) is 40.9. The number of aromatic nitrogens is 1. The molecule has 0 atom stereocenters. The van der Waals surface area contributed by atoms with Gasteiger partial charge in [0.1, 0.15) is 17.0 Å². The predicted octanol–water partition coefficient (Wildman–Crippen LogP) is 3.45. The van der Waals surface area contributed by atoms with Gasteiger partial charge >= 0.3 is 0 Å². The van der Waals surface area contributed by atoms with Gasteiger partial charge in [0.15, 0.2) is 5.78 Å². The van der Waals surface area contributed by atoms with Crippen LogP contribution in [0.15, 0.2) is 53.3 Å². The number of carbonyl (C=O) groups is 2. The quantitative estimate of drug-likeness (QED) is 0.506. The van der Waals surface area contributed by atoms with Gasteiger partial charge in [-0.25, -0.2) is 4.39 Å². The molecule has 0 radical (unpaired) electrons. The number of piperidine rings is 1. The van der Waals surface area contributed by atoms with Crippen molar-refractivity contribution < 1.29 is 14.0 Å². The monoisotopic (exact) mass is 498 g/mol. The molecule has 2 heterocycles. The van der Waals surface area contributed by atoms with Gasteiger partial charge in [-0.05, 0) is 66.8 Å². The maximum atomic E-state index is 13.3. The predicted molar refractivity (Wildman–Crippen MR) is 133 cm³/mol. The van der Waals surface area contributed by atoms with Crippen molar-refractivity contribution in [2.75, 3.05) is 13.1 Å². The minimum absolute atomic E-state index is 0.138.